The highest BCUT2D eigenvalue weighted by Crippen LogP contribution is 2.22. The number of aromatic nitrogens is 1. The third kappa shape index (κ3) is 4.39. The summed E-state index contributed by atoms with van der Waals surface area (Å²) in [5.74, 6) is 0.574. The molecule has 2 heterocycles. The Bertz CT molecular complexity index is 569. The van der Waals surface area contributed by atoms with Gasteiger partial charge in [-0.3, -0.25) is 0 Å². The molecule has 1 aliphatic rings. The van der Waals surface area contributed by atoms with E-state index >= 15 is 0 Å². The second-order valence-electron chi connectivity index (χ2n) is 5.63. The van der Waals surface area contributed by atoms with Gasteiger partial charge in [-0.2, -0.15) is 0 Å². The summed E-state index contributed by atoms with van der Waals surface area (Å²) in [7, 11) is -3.58. The van der Waals surface area contributed by atoms with Gasteiger partial charge >= 0.3 is 0 Å². The molecule has 0 amide bonds. The zero-order valence-electron chi connectivity index (χ0n) is 12.6. The van der Waals surface area contributed by atoms with Crippen molar-refractivity contribution in [1.82, 2.24) is 9.71 Å². The highest BCUT2D eigenvalue weighted by Gasteiger charge is 2.33. The summed E-state index contributed by atoms with van der Waals surface area (Å²) in [5.41, 5.74) is -0.544. The molecule has 1 aromatic heterocycles. The Morgan fingerprint density at radius 1 is 1.48 bits per heavy atom. The zero-order valence-corrected chi connectivity index (χ0v) is 13.4. The van der Waals surface area contributed by atoms with Crippen molar-refractivity contribution in [1.29, 1.82) is 0 Å². The third-order valence-electron chi connectivity index (χ3n) is 3.42. The van der Waals surface area contributed by atoms with Gasteiger partial charge in [0.2, 0.25) is 10.0 Å². The minimum absolute atomic E-state index is 0.225. The number of rotatable bonds is 6. The van der Waals surface area contributed by atoms with Gasteiger partial charge in [0.05, 0.1) is 17.0 Å². The summed E-state index contributed by atoms with van der Waals surface area (Å²) < 4.78 is 33.2. The Morgan fingerprint density at radius 3 is 2.95 bits per heavy atom. The summed E-state index contributed by atoms with van der Waals surface area (Å²) in [6.07, 6.45) is 4.09. The molecule has 0 aliphatic carbocycles. The molecule has 1 atom stereocenters. The summed E-state index contributed by atoms with van der Waals surface area (Å²) >= 11 is 0. The Balaban J connectivity index is 2.15. The molecule has 0 saturated carbocycles. The second kappa shape index (κ2) is 6.72. The molecule has 21 heavy (non-hydrogen) atoms. The molecule has 2 N–H and O–H groups in total. The third-order valence-corrected chi connectivity index (χ3v) is 5.05. The number of pyridine rings is 1. The summed E-state index contributed by atoms with van der Waals surface area (Å²) in [4.78, 5) is 4.35. The van der Waals surface area contributed by atoms with E-state index in [0.717, 1.165) is 25.8 Å². The van der Waals surface area contributed by atoms with Crippen molar-refractivity contribution in [2.75, 3.05) is 25.1 Å². The van der Waals surface area contributed by atoms with Crippen molar-refractivity contribution in [3.05, 3.63) is 18.3 Å². The number of ether oxygens (including phenoxy) is 1. The summed E-state index contributed by atoms with van der Waals surface area (Å²) in [5, 5.41) is 3.09. The topological polar surface area (TPSA) is 80.3 Å². The summed E-state index contributed by atoms with van der Waals surface area (Å²) in [6, 6.07) is 3.07. The van der Waals surface area contributed by atoms with E-state index in [9.17, 15) is 8.42 Å². The molecule has 118 valence electrons. The van der Waals surface area contributed by atoms with E-state index in [0.29, 0.717) is 19.0 Å². The lowest BCUT2D eigenvalue weighted by Crippen LogP contribution is -2.51. The molecule has 6 nitrogen and oxygen atoms in total. The first-order chi connectivity index (χ1) is 9.95. The van der Waals surface area contributed by atoms with Crippen molar-refractivity contribution in [3.8, 4) is 0 Å². The zero-order chi connectivity index (χ0) is 15.3. The molecule has 2 rings (SSSR count). The first-order valence-corrected chi connectivity index (χ1v) is 8.75. The molecule has 7 heteroatoms. The molecule has 0 spiro atoms. The first-order valence-electron chi connectivity index (χ1n) is 7.27. The van der Waals surface area contributed by atoms with E-state index < -0.39 is 15.6 Å². The summed E-state index contributed by atoms with van der Waals surface area (Å²) in [6.45, 7) is 5.77. The highest BCUT2D eigenvalue weighted by atomic mass is 32.2. The van der Waals surface area contributed by atoms with Gasteiger partial charge in [-0.05, 0) is 32.3 Å². The number of nitrogens with one attached hydrogen (secondary N) is 2. The molecule has 1 aliphatic heterocycles. The van der Waals surface area contributed by atoms with Crippen LogP contribution in [0.4, 0.5) is 5.82 Å². The molecule has 1 saturated heterocycles. The van der Waals surface area contributed by atoms with Crippen molar-refractivity contribution in [2.24, 2.45) is 0 Å². The minimum atomic E-state index is -3.58. The van der Waals surface area contributed by atoms with Gasteiger partial charge in [-0.15, -0.1) is 0 Å². The fourth-order valence-electron chi connectivity index (χ4n) is 2.33. The van der Waals surface area contributed by atoms with Crippen LogP contribution >= 0.6 is 0 Å². The van der Waals surface area contributed by atoms with E-state index in [1.54, 1.807) is 6.07 Å². The Labute approximate surface area is 126 Å². The van der Waals surface area contributed by atoms with E-state index in [-0.39, 0.29) is 4.90 Å². The van der Waals surface area contributed by atoms with Crippen LogP contribution in [0.3, 0.4) is 0 Å². The SMILES string of the molecule is CCCNc1cc(S(=O)(=O)NC2(C)CCCOC2)ccn1. The minimum Gasteiger partial charge on any atom is -0.380 e. The van der Waals surface area contributed by atoms with Gasteiger partial charge in [0, 0.05) is 25.4 Å². The van der Waals surface area contributed by atoms with Gasteiger partial charge in [0.1, 0.15) is 5.82 Å². The lowest BCUT2D eigenvalue weighted by molar-refractivity contribution is 0.0386. The molecule has 0 bridgehead atoms. The molecule has 1 fully saturated rings. The standard InChI is InChI=1S/C14H23N3O3S/c1-3-7-15-13-10-12(5-8-16-13)21(18,19)17-14(2)6-4-9-20-11-14/h5,8,10,17H,3-4,6-7,9,11H2,1-2H3,(H,15,16). The number of nitrogens with zero attached hydrogens (tertiary/aromatic N) is 1. The van der Waals surface area contributed by atoms with Crippen LogP contribution in [0.2, 0.25) is 0 Å². The van der Waals surface area contributed by atoms with E-state index in [1.165, 1.54) is 12.3 Å². The lowest BCUT2D eigenvalue weighted by atomic mass is 9.97. The molecule has 1 aromatic rings. The predicted octanol–water partition coefficient (Wildman–Crippen LogP) is 1.75. The van der Waals surface area contributed by atoms with Gasteiger partial charge in [0.25, 0.3) is 0 Å². The molecule has 1 unspecified atom stereocenters. The molecule has 0 aromatic carbocycles. The van der Waals surface area contributed by atoms with Gasteiger partial charge in [0.15, 0.2) is 0 Å². The van der Waals surface area contributed by atoms with Crippen molar-refractivity contribution in [2.45, 2.75) is 43.5 Å². The first kappa shape index (κ1) is 16.2. The number of anilines is 1. The Morgan fingerprint density at radius 2 is 2.29 bits per heavy atom. The Hall–Kier alpha value is -1.18. The van der Waals surface area contributed by atoms with Crippen molar-refractivity contribution < 1.29 is 13.2 Å². The number of hydrogen-bond donors (Lipinski definition) is 2. The normalized spacial score (nSPS) is 23.0. The quantitative estimate of drug-likeness (QED) is 0.836. The predicted molar refractivity (Wildman–Crippen MR) is 81.8 cm³/mol. The van der Waals surface area contributed by atoms with Crippen LogP contribution in [-0.4, -0.2) is 38.7 Å². The average molecular weight is 313 g/mol. The van der Waals surface area contributed by atoms with Gasteiger partial charge < -0.3 is 10.1 Å². The van der Waals surface area contributed by atoms with Crippen LogP contribution in [0.1, 0.15) is 33.1 Å². The molecular weight excluding hydrogens is 290 g/mol. The number of sulfonamides is 1. The Kier molecular flexibility index (Phi) is 5.18. The average Bonchev–Trinajstić information content (AvgIpc) is 2.45. The maximum absolute atomic E-state index is 12.5. The largest absolute Gasteiger partial charge is 0.380 e. The maximum atomic E-state index is 12.5. The van der Waals surface area contributed by atoms with Crippen LogP contribution in [0.15, 0.2) is 23.2 Å². The number of hydrogen-bond acceptors (Lipinski definition) is 5. The van der Waals surface area contributed by atoms with Crippen LogP contribution in [0, 0.1) is 0 Å². The fraction of sp³-hybridized carbons (Fsp3) is 0.643. The lowest BCUT2D eigenvalue weighted by Gasteiger charge is -2.33. The fourth-order valence-corrected chi connectivity index (χ4v) is 3.76. The van der Waals surface area contributed by atoms with E-state index in [4.69, 9.17) is 4.74 Å². The van der Waals surface area contributed by atoms with Crippen LogP contribution in [-0.2, 0) is 14.8 Å². The second-order valence-corrected chi connectivity index (χ2v) is 7.31. The van der Waals surface area contributed by atoms with Crippen LogP contribution in [0.25, 0.3) is 0 Å². The van der Waals surface area contributed by atoms with E-state index in [2.05, 4.69) is 15.0 Å². The highest BCUT2D eigenvalue weighted by molar-refractivity contribution is 7.89. The smallest absolute Gasteiger partial charge is 0.241 e. The van der Waals surface area contributed by atoms with Crippen molar-refractivity contribution >= 4 is 15.8 Å². The van der Waals surface area contributed by atoms with Gasteiger partial charge in [-0.1, -0.05) is 6.92 Å². The van der Waals surface area contributed by atoms with E-state index in [1.807, 2.05) is 13.8 Å². The molecular formula is C14H23N3O3S. The van der Waals surface area contributed by atoms with Crippen LogP contribution < -0.4 is 10.0 Å². The maximum Gasteiger partial charge on any atom is 0.241 e. The van der Waals surface area contributed by atoms with Crippen LogP contribution in [0.5, 0.6) is 0 Å². The molecule has 0 radical (unpaired) electrons. The van der Waals surface area contributed by atoms with Crippen molar-refractivity contribution in [3.63, 3.8) is 0 Å². The van der Waals surface area contributed by atoms with Gasteiger partial charge in [-0.25, -0.2) is 18.1 Å². The monoisotopic (exact) mass is 313 g/mol.